The molecule has 0 saturated carbocycles. The van der Waals surface area contributed by atoms with Crippen molar-refractivity contribution in [2.75, 3.05) is 0 Å². The van der Waals surface area contributed by atoms with Crippen LogP contribution < -0.4 is 5.43 Å². The van der Waals surface area contributed by atoms with Gasteiger partial charge in [-0.2, -0.15) is 0 Å². The van der Waals surface area contributed by atoms with Gasteiger partial charge in [-0.15, -0.1) is 0 Å². The molecule has 9 heteroatoms. The molecule has 180 valence electrons. The van der Waals surface area contributed by atoms with Crippen molar-refractivity contribution in [1.29, 1.82) is 0 Å². The van der Waals surface area contributed by atoms with Gasteiger partial charge in [-0.05, 0) is 28.8 Å². The van der Waals surface area contributed by atoms with Crippen LogP contribution >= 0.6 is 11.3 Å². The molecule has 0 bridgehead atoms. The number of carboxylic acid groups (broad SMARTS) is 1. The number of hydrogen-bond acceptors (Lipinski definition) is 6. The van der Waals surface area contributed by atoms with Crippen molar-refractivity contribution in [2.24, 2.45) is 0 Å². The fraction of sp³-hybridized carbons (Fsp3) is 0.0741. The van der Waals surface area contributed by atoms with E-state index in [-0.39, 0.29) is 22.0 Å². The van der Waals surface area contributed by atoms with Crippen LogP contribution in [-0.4, -0.2) is 29.0 Å². The number of rotatable bonds is 7. The highest BCUT2D eigenvalue weighted by molar-refractivity contribution is 7.90. The zero-order chi connectivity index (χ0) is 25.3. The van der Waals surface area contributed by atoms with Gasteiger partial charge < -0.3 is 9.67 Å². The molecule has 2 aromatic heterocycles. The van der Waals surface area contributed by atoms with Gasteiger partial charge in [0.05, 0.1) is 4.90 Å². The second-order valence-electron chi connectivity index (χ2n) is 8.16. The number of nitrogens with zero attached hydrogens (tertiary/aromatic N) is 2. The number of benzene rings is 3. The molecule has 0 fully saturated rings. The molecule has 5 aromatic rings. The maximum absolute atomic E-state index is 12.9. The van der Waals surface area contributed by atoms with Crippen LogP contribution in [0.4, 0.5) is 0 Å². The lowest BCUT2D eigenvalue weighted by atomic mass is 9.99. The number of aromatic nitrogens is 2. The minimum atomic E-state index is -3.69. The first-order chi connectivity index (χ1) is 17.3. The minimum Gasteiger partial charge on any atom is -0.477 e. The van der Waals surface area contributed by atoms with E-state index < -0.39 is 32.6 Å². The predicted molar refractivity (Wildman–Crippen MR) is 139 cm³/mol. The monoisotopic (exact) mass is 516 g/mol. The molecule has 0 aliphatic carbocycles. The Morgan fingerprint density at radius 1 is 0.917 bits per heavy atom. The number of fused-ring (bicyclic) bond motifs is 1. The lowest BCUT2D eigenvalue weighted by molar-refractivity contribution is 0.0694. The summed E-state index contributed by atoms with van der Waals surface area (Å²) in [5, 5.41) is 9.88. The molecule has 0 atom stereocenters. The van der Waals surface area contributed by atoms with Gasteiger partial charge in [-0.1, -0.05) is 84.1 Å². The molecule has 3 aromatic carbocycles. The standard InChI is InChI=1S/C27H20N2O5S2/c30-25-22(27(31)32)16-29(15-19-11-7-8-14-21(19)18-9-3-1-4-10-18)26-24(25)28-23(35-26)17-36(33,34)20-12-5-2-6-13-20/h1-14,16H,15,17H2,(H,31,32). The SMILES string of the molecule is O=C(O)c1cn(Cc2ccccc2-c2ccccc2)c2sc(CS(=O)(=O)c3ccccc3)nc2c1=O. The van der Waals surface area contributed by atoms with E-state index in [4.69, 9.17) is 0 Å². The van der Waals surface area contributed by atoms with E-state index in [0.717, 1.165) is 28.0 Å². The molecule has 0 aliphatic heterocycles. The Bertz CT molecular complexity index is 1740. The van der Waals surface area contributed by atoms with Crippen LogP contribution in [0.15, 0.2) is 101 Å². The van der Waals surface area contributed by atoms with Gasteiger partial charge in [0.25, 0.3) is 0 Å². The topological polar surface area (TPSA) is 106 Å². The van der Waals surface area contributed by atoms with E-state index in [2.05, 4.69) is 4.98 Å². The number of pyridine rings is 1. The summed E-state index contributed by atoms with van der Waals surface area (Å²) in [6.45, 7) is 0.273. The molecule has 0 saturated heterocycles. The Morgan fingerprint density at radius 2 is 1.56 bits per heavy atom. The van der Waals surface area contributed by atoms with Crippen LogP contribution in [0.1, 0.15) is 20.9 Å². The van der Waals surface area contributed by atoms with Crippen molar-refractivity contribution in [3.05, 3.63) is 117 Å². The maximum atomic E-state index is 12.9. The number of hydrogen-bond donors (Lipinski definition) is 1. The number of aromatic carboxylic acids is 1. The van der Waals surface area contributed by atoms with Crippen molar-refractivity contribution in [3.63, 3.8) is 0 Å². The van der Waals surface area contributed by atoms with Crippen molar-refractivity contribution >= 4 is 37.5 Å². The fourth-order valence-corrected chi connectivity index (χ4v) is 6.70. The van der Waals surface area contributed by atoms with Gasteiger partial charge in [0, 0.05) is 12.7 Å². The maximum Gasteiger partial charge on any atom is 0.341 e. The molecule has 2 heterocycles. The van der Waals surface area contributed by atoms with Gasteiger partial charge in [-0.25, -0.2) is 18.2 Å². The molecule has 0 unspecified atom stereocenters. The van der Waals surface area contributed by atoms with E-state index in [1.807, 2.05) is 54.6 Å². The van der Waals surface area contributed by atoms with Gasteiger partial charge >= 0.3 is 5.97 Å². The molecule has 0 spiro atoms. The second-order valence-corrected chi connectivity index (χ2v) is 11.2. The summed E-state index contributed by atoms with van der Waals surface area (Å²) in [5.74, 6) is -1.75. The average Bonchev–Trinajstić information content (AvgIpc) is 3.31. The van der Waals surface area contributed by atoms with Crippen molar-refractivity contribution < 1.29 is 18.3 Å². The van der Waals surface area contributed by atoms with Crippen LogP contribution in [0.5, 0.6) is 0 Å². The van der Waals surface area contributed by atoms with Gasteiger partial charge in [0.15, 0.2) is 9.84 Å². The second kappa shape index (κ2) is 9.52. The highest BCUT2D eigenvalue weighted by Crippen LogP contribution is 2.28. The molecule has 0 radical (unpaired) electrons. The fourth-order valence-electron chi connectivity index (χ4n) is 4.04. The molecule has 0 amide bonds. The van der Waals surface area contributed by atoms with Crippen LogP contribution in [-0.2, 0) is 22.1 Å². The molecular weight excluding hydrogens is 496 g/mol. The van der Waals surface area contributed by atoms with E-state index in [0.29, 0.717) is 4.83 Å². The van der Waals surface area contributed by atoms with Gasteiger partial charge in [-0.3, -0.25) is 4.79 Å². The van der Waals surface area contributed by atoms with E-state index in [1.54, 1.807) is 22.8 Å². The Labute approximate surface area is 210 Å². The third-order valence-electron chi connectivity index (χ3n) is 5.75. The van der Waals surface area contributed by atoms with Gasteiger partial charge in [0.1, 0.15) is 26.7 Å². The lowest BCUT2D eigenvalue weighted by Gasteiger charge is -2.13. The summed E-state index contributed by atoms with van der Waals surface area (Å²) in [7, 11) is -3.69. The Kier molecular flexibility index (Phi) is 6.26. The Morgan fingerprint density at radius 3 is 2.25 bits per heavy atom. The molecule has 0 aliphatic rings. The highest BCUT2D eigenvalue weighted by atomic mass is 32.2. The number of sulfone groups is 1. The Balaban J connectivity index is 1.62. The van der Waals surface area contributed by atoms with Crippen molar-refractivity contribution in [3.8, 4) is 11.1 Å². The molecule has 1 N–H and O–H groups in total. The minimum absolute atomic E-state index is 0.0460. The first-order valence-electron chi connectivity index (χ1n) is 11.0. The first-order valence-corrected chi connectivity index (χ1v) is 13.5. The largest absolute Gasteiger partial charge is 0.477 e. The average molecular weight is 517 g/mol. The Hall–Kier alpha value is -4.08. The third-order valence-corrected chi connectivity index (χ3v) is 8.67. The number of carbonyl (C=O) groups is 1. The molecular formula is C27H20N2O5S2. The number of thiazole rings is 1. The molecule has 36 heavy (non-hydrogen) atoms. The normalized spacial score (nSPS) is 11.6. The third kappa shape index (κ3) is 4.58. The van der Waals surface area contributed by atoms with Crippen molar-refractivity contribution in [1.82, 2.24) is 9.55 Å². The summed E-state index contributed by atoms with van der Waals surface area (Å²) < 4.78 is 27.5. The summed E-state index contributed by atoms with van der Waals surface area (Å²) in [4.78, 5) is 29.6. The molecule has 5 rings (SSSR count). The van der Waals surface area contributed by atoms with Crippen LogP contribution in [0.3, 0.4) is 0 Å². The van der Waals surface area contributed by atoms with Gasteiger partial charge in [0.2, 0.25) is 5.43 Å². The van der Waals surface area contributed by atoms with Crippen LogP contribution in [0.2, 0.25) is 0 Å². The molecule has 7 nitrogen and oxygen atoms in total. The zero-order valence-electron chi connectivity index (χ0n) is 18.9. The van der Waals surface area contributed by atoms with Crippen LogP contribution in [0.25, 0.3) is 21.5 Å². The summed E-state index contributed by atoms with van der Waals surface area (Å²) in [5.41, 5.74) is 1.69. The summed E-state index contributed by atoms with van der Waals surface area (Å²) in [6.07, 6.45) is 1.31. The zero-order valence-corrected chi connectivity index (χ0v) is 20.5. The van der Waals surface area contributed by atoms with E-state index in [9.17, 15) is 23.1 Å². The van der Waals surface area contributed by atoms with E-state index in [1.165, 1.54) is 18.3 Å². The van der Waals surface area contributed by atoms with Crippen LogP contribution in [0, 0.1) is 0 Å². The highest BCUT2D eigenvalue weighted by Gasteiger charge is 2.22. The van der Waals surface area contributed by atoms with Crippen molar-refractivity contribution in [2.45, 2.75) is 17.2 Å². The van der Waals surface area contributed by atoms with E-state index >= 15 is 0 Å². The summed E-state index contributed by atoms with van der Waals surface area (Å²) in [6, 6.07) is 25.5. The quantitative estimate of drug-likeness (QED) is 0.332. The lowest BCUT2D eigenvalue weighted by Crippen LogP contribution is -2.19. The summed E-state index contributed by atoms with van der Waals surface area (Å²) >= 11 is 1.08. The smallest absolute Gasteiger partial charge is 0.341 e. The predicted octanol–water partition coefficient (Wildman–Crippen LogP) is 4.85. The number of carboxylic acids is 1. The first kappa shape index (κ1) is 23.7.